The first-order valence-electron chi connectivity index (χ1n) is 7.31. The lowest BCUT2D eigenvalue weighted by atomic mass is 10.1. The average molecular weight is 276 g/mol. The molecule has 0 spiro atoms. The van der Waals surface area contributed by atoms with Gasteiger partial charge in [-0.15, -0.1) is 0 Å². The molecule has 2 nitrogen and oxygen atoms in total. The molecule has 2 heteroatoms. The van der Waals surface area contributed by atoms with Gasteiger partial charge in [0, 0.05) is 29.0 Å². The van der Waals surface area contributed by atoms with Crippen molar-refractivity contribution < 1.29 is 0 Å². The molecule has 0 fully saturated rings. The van der Waals surface area contributed by atoms with Crippen LogP contribution < -0.4 is 10.6 Å². The highest BCUT2D eigenvalue weighted by atomic mass is 15.1. The molecule has 3 aromatic rings. The molecular formula is C19H20N2. The maximum absolute atomic E-state index is 6.02. The van der Waals surface area contributed by atoms with Gasteiger partial charge in [0.15, 0.2) is 0 Å². The van der Waals surface area contributed by atoms with Gasteiger partial charge in [-0.25, -0.2) is 0 Å². The fourth-order valence-electron chi connectivity index (χ4n) is 2.88. The van der Waals surface area contributed by atoms with Crippen LogP contribution in [0, 0.1) is 6.92 Å². The number of nitrogens with two attached hydrogens (primary N) is 1. The average Bonchev–Trinajstić information content (AvgIpc) is 2.47. The van der Waals surface area contributed by atoms with E-state index in [-0.39, 0.29) is 0 Å². The number of nitrogens with zero attached hydrogens (tertiary/aromatic N) is 1. The summed E-state index contributed by atoms with van der Waals surface area (Å²) in [7, 11) is 0. The van der Waals surface area contributed by atoms with Gasteiger partial charge in [0.25, 0.3) is 0 Å². The quantitative estimate of drug-likeness (QED) is 0.690. The normalized spacial score (nSPS) is 10.8. The summed E-state index contributed by atoms with van der Waals surface area (Å²) in [5, 5.41) is 2.52. The predicted molar refractivity (Wildman–Crippen MR) is 92.2 cm³/mol. The molecule has 0 unspecified atom stereocenters. The number of aryl methyl sites for hydroxylation is 1. The highest BCUT2D eigenvalue weighted by Crippen LogP contribution is 2.33. The van der Waals surface area contributed by atoms with E-state index in [2.05, 4.69) is 67.3 Å². The Balaban J connectivity index is 2.18. The third kappa shape index (κ3) is 2.57. The second kappa shape index (κ2) is 5.49. The zero-order chi connectivity index (χ0) is 14.8. The minimum Gasteiger partial charge on any atom is -0.399 e. The maximum Gasteiger partial charge on any atom is 0.0490 e. The fraction of sp³-hybridized carbons (Fsp3) is 0.158. The Hall–Kier alpha value is -2.48. The van der Waals surface area contributed by atoms with Crippen molar-refractivity contribution in [1.82, 2.24) is 0 Å². The van der Waals surface area contributed by atoms with Crippen LogP contribution in [0.15, 0.2) is 60.7 Å². The number of hydrogen-bond acceptors (Lipinski definition) is 2. The molecule has 106 valence electrons. The molecule has 0 aromatic heterocycles. The van der Waals surface area contributed by atoms with E-state index in [1.807, 2.05) is 12.1 Å². The zero-order valence-electron chi connectivity index (χ0n) is 12.5. The molecule has 0 saturated carbocycles. The monoisotopic (exact) mass is 276 g/mol. The number of fused-ring (bicyclic) bond motifs is 1. The third-order valence-electron chi connectivity index (χ3n) is 3.77. The number of benzene rings is 3. The van der Waals surface area contributed by atoms with Crippen molar-refractivity contribution in [3.63, 3.8) is 0 Å². The van der Waals surface area contributed by atoms with Crippen LogP contribution in [-0.4, -0.2) is 6.54 Å². The van der Waals surface area contributed by atoms with Crippen molar-refractivity contribution in [2.75, 3.05) is 17.2 Å². The van der Waals surface area contributed by atoms with E-state index >= 15 is 0 Å². The second-order valence-corrected chi connectivity index (χ2v) is 5.34. The molecule has 0 bridgehead atoms. The fourth-order valence-corrected chi connectivity index (χ4v) is 2.88. The molecule has 3 rings (SSSR count). The Morgan fingerprint density at radius 3 is 2.48 bits per heavy atom. The van der Waals surface area contributed by atoms with E-state index in [0.29, 0.717) is 0 Å². The first kappa shape index (κ1) is 13.5. The Labute approximate surface area is 125 Å². The van der Waals surface area contributed by atoms with Gasteiger partial charge in [-0.05, 0) is 49.1 Å². The van der Waals surface area contributed by atoms with Crippen LogP contribution in [0.25, 0.3) is 10.8 Å². The number of rotatable bonds is 3. The van der Waals surface area contributed by atoms with Crippen LogP contribution in [0.5, 0.6) is 0 Å². The van der Waals surface area contributed by atoms with Crippen LogP contribution >= 0.6 is 0 Å². The summed E-state index contributed by atoms with van der Waals surface area (Å²) in [6, 6.07) is 21.1. The van der Waals surface area contributed by atoms with E-state index in [4.69, 9.17) is 5.73 Å². The van der Waals surface area contributed by atoms with Gasteiger partial charge < -0.3 is 10.6 Å². The lowest BCUT2D eigenvalue weighted by molar-refractivity contribution is 1.03. The highest BCUT2D eigenvalue weighted by Gasteiger charge is 2.11. The van der Waals surface area contributed by atoms with E-state index in [1.165, 1.54) is 22.0 Å². The van der Waals surface area contributed by atoms with Crippen LogP contribution in [0.4, 0.5) is 17.1 Å². The van der Waals surface area contributed by atoms with Crippen molar-refractivity contribution in [3.05, 3.63) is 66.2 Å². The van der Waals surface area contributed by atoms with Gasteiger partial charge in [-0.2, -0.15) is 0 Å². The largest absolute Gasteiger partial charge is 0.399 e. The standard InChI is InChI=1S/C19H20N2/c1-3-21(17-12-14(2)11-16(20)13-17)19-10-6-8-15-7-4-5-9-18(15)19/h4-13H,3,20H2,1-2H3. The molecule has 0 atom stereocenters. The van der Waals surface area contributed by atoms with Crippen LogP contribution in [0.3, 0.4) is 0 Å². The first-order valence-corrected chi connectivity index (χ1v) is 7.31. The molecule has 0 heterocycles. The Bertz CT molecular complexity index is 752. The number of nitrogen functional groups attached to an aromatic ring is 1. The summed E-state index contributed by atoms with van der Waals surface area (Å²) in [4.78, 5) is 2.31. The van der Waals surface area contributed by atoms with E-state index in [0.717, 1.165) is 17.9 Å². The Morgan fingerprint density at radius 2 is 1.71 bits per heavy atom. The summed E-state index contributed by atoms with van der Waals surface area (Å²) < 4.78 is 0. The molecular weight excluding hydrogens is 256 g/mol. The van der Waals surface area contributed by atoms with Gasteiger partial charge in [-0.1, -0.05) is 36.4 Å². The van der Waals surface area contributed by atoms with Crippen LogP contribution in [0.1, 0.15) is 12.5 Å². The van der Waals surface area contributed by atoms with E-state index in [1.54, 1.807) is 0 Å². The number of hydrogen-bond donors (Lipinski definition) is 1. The minimum absolute atomic E-state index is 0.809. The molecule has 0 aliphatic rings. The van der Waals surface area contributed by atoms with Gasteiger partial charge in [0.05, 0.1) is 0 Å². The third-order valence-corrected chi connectivity index (χ3v) is 3.77. The molecule has 0 amide bonds. The van der Waals surface area contributed by atoms with Crippen molar-refractivity contribution in [2.24, 2.45) is 0 Å². The van der Waals surface area contributed by atoms with Crippen molar-refractivity contribution in [2.45, 2.75) is 13.8 Å². The summed E-state index contributed by atoms with van der Waals surface area (Å²) in [5.41, 5.74) is 10.4. The lowest BCUT2D eigenvalue weighted by Crippen LogP contribution is -2.16. The highest BCUT2D eigenvalue weighted by molar-refractivity contribution is 5.96. The lowest BCUT2D eigenvalue weighted by Gasteiger charge is -2.25. The maximum atomic E-state index is 6.02. The van der Waals surface area contributed by atoms with E-state index in [9.17, 15) is 0 Å². The molecule has 0 radical (unpaired) electrons. The molecule has 0 saturated heterocycles. The summed E-state index contributed by atoms with van der Waals surface area (Å²) in [6.07, 6.45) is 0. The Kier molecular flexibility index (Phi) is 3.53. The molecule has 0 aliphatic carbocycles. The van der Waals surface area contributed by atoms with Crippen molar-refractivity contribution in [1.29, 1.82) is 0 Å². The van der Waals surface area contributed by atoms with Crippen molar-refractivity contribution in [3.8, 4) is 0 Å². The van der Waals surface area contributed by atoms with Gasteiger partial charge >= 0.3 is 0 Å². The molecule has 2 N–H and O–H groups in total. The van der Waals surface area contributed by atoms with Crippen molar-refractivity contribution >= 4 is 27.8 Å². The number of anilines is 3. The minimum atomic E-state index is 0.809. The van der Waals surface area contributed by atoms with Gasteiger partial charge in [0.2, 0.25) is 0 Å². The zero-order valence-corrected chi connectivity index (χ0v) is 12.5. The molecule has 21 heavy (non-hydrogen) atoms. The first-order chi connectivity index (χ1) is 10.2. The molecule has 0 aliphatic heterocycles. The predicted octanol–water partition coefficient (Wildman–Crippen LogP) is 4.89. The SMILES string of the molecule is CCN(c1cc(C)cc(N)c1)c1cccc2ccccc12. The smallest absolute Gasteiger partial charge is 0.0490 e. The summed E-state index contributed by atoms with van der Waals surface area (Å²) in [6.45, 7) is 5.15. The second-order valence-electron chi connectivity index (χ2n) is 5.34. The Morgan fingerprint density at radius 1 is 0.952 bits per heavy atom. The van der Waals surface area contributed by atoms with Crippen LogP contribution in [0.2, 0.25) is 0 Å². The topological polar surface area (TPSA) is 29.3 Å². The van der Waals surface area contributed by atoms with Crippen LogP contribution in [-0.2, 0) is 0 Å². The summed E-state index contributed by atoms with van der Waals surface area (Å²) >= 11 is 0. The van der Waals surface area contributed by atoms with E-state index < -0.39 is 0 Å². The van der Waals surface area contributed by atoms with Gasteiger partial charge in [0.1, 0.15) is 0 Å². The summed E-state index contributed by atoms with van der Waals surface area (Å²) in [5.74, 6) is 0. The van der Waals surface area contributed by atoms with Gasteiger partial charge in [-0.3, -0.25) is 0 Å². The molecule has 3 aromatic carbocycles.